The van der Waals surface area contributed by atoms with Crippen LogP contribution in [0.5, 0.6) is 11.5 Å². The van der Waals surface area contributed by atoms with Gasteiger partial charge in [-0.15, -0.1) is 24.0 Å². The van der Waals surface area contributed by atoms with Gasteiger partial charge >= 0.3 is 6.03 Å². The number of primary amides is 1. The predicted molar refractivity (Wildman–Crippen MR) is 135 cm³/mol. The van der Waals surface area contributed by atoms with Crippen LogP contribution in [0.3, 0.4) is 0 Å². The molecule has 8 heteroatoms. The van der Waals surface area contributed by atoms with Crippen LogP contribution in [0.2, 0.25) is 0 Å². The summed E-state index contributed by atoms with van der Waals surface area (Å²) in [5.74, 6) is 2.42. The summed E-state index contributed by atoms with van der Waals surface area (Å²) in [6.45, 7) is 6.68. The third-order valence-corrected chi connectivity index (χ3v) is 5.19. The number of aryl methyl sites for hydroxylation is 1. The van der Waals surface area contributed by atoms with E-state index < -0.39 is 0 Å². The quantitative estimate of drug-likeness (QED) is 0.295. The van der Waals surface area contributed by atoms with Crippen molar-refractivity contribution in [2.45, 2.75) is 39.3 Å². The molecular formula is C23H32IN5O2. The standard InChI is InChI=1S/C23H31N5O2.HI/c1-3-25-23(27-19-12-14-28(15-13-19)22(24)29)26-16-18-9-5-7-11-21(18)30-20-10-6-4-8-17(20)2;/h4-11,19H,3,12-16H2,1-2H3,(H2,24,29)(H2,25,26,27);1H. The van der Waals surface area contributed by atoms with E-state index in [4.69, 9.17) is 15.5 Å². The molecule has 1 saturated heterocycles. The number of guanidine groups is 1. The number of nitrogens with zero attached hydrogens (tertiary/aromatic N) is 2. The number of ether oxygens (including phenoxy) is 1. The number of piperidine rings is 1. The number of likely N-dealkylation sites (tertiary alicyclic amines) is 1. The number of nitrogens with two attached hydrogens (primary N) is 1. The Kier molecular flexibility index (Phi) is 9.90. The third-order valence-electron chi connectivity index (χ3n) is 5.19. The Morgan fingerprint density at radius 2 is 1.77 bits per heavy atom. The predicted octanol–water partition coefficient (Wildman–Crippen LogP) is 4.00. The Balaban J connectivity index is 0.00000341. The summed E-state index contributed by atoms with van der Waals surface area (Å²) in [7, 11) is 0. The number of halogens is 1. The van der Waals surface area contributed by atoms with Gasteiger partial charge in [0.2, 0.25) is 0 Å². The second-order valence-corrected chi connectivity index (χ2v) is 7.41. The zero-order valence-electron chi connectivity index (χ0n) is 18.1. The molecule has 0 saturated carbocycles. The summed E-state index contributed by atoms with van der Waals surface area (Å²) in [5, 5.41) is 6.79. The first-order chi connectivity index (χ1) is 14.6. The summed E-state index contributed by atoms with van der Waals surface area (Å²) in [6.07, 6.45) is 1.70. The first kappa shape index (κ1) is 24.8. The van der Waals surface area contributed by atoms with Crippen LogP contribution in [0.25, 0.3) is 0 Å². The van der Waals surface area contributed by atoms with Gasteiger partial charge in [-0.05, 0) is 44.4 Å². The molecule has 168 valence electrons. The minimum Gasteiger partial charge on any atom is -0.457 e. The molecule has 7 nitrogen and oxygen atoms in total. The zero-order valence-corrected chi connectivity index (χ0v) is 20.5. The maximum atomic E-state index is 11.3. The lowest BCUT2D eigenvalue weighted by Crippen LogP contribution is -2.50. The lowest BCUT2D eigenvalue weighted by molar-refractivity contribution is 0.188. The van der Waals surface area contributed by atoms with Gasteiger partial charge in [-0.1, -0.05) is 36.4 Å². The summed E-state index contributed by atoms with van der Waals surface area (Å²) in [5.41, 5.74) is 7.48. The summed E-state index contributed by atoms with van der Waals surface area (Å²) < 4.78 is 6.16. The molecule has 1 aliphatic heterocycles. The van der Waals surface area contributed by atoms with Crippen molar-refractivity contribution in [3.05, 3.63) is 59.7 Å². The lowest BCUT2D eigenvalue weighted by Gasteiger charge is -2.32. The largest absolute Gasteiger partial charge is 0.457 e. The Morgan fingerprint density at radius 1 is 1.13 bits per heavy atom. The van der Waals surface area contributed by atoms with Gasteiger partial charge in [-0.2, -0.15) is 0 Å². The van der Waals surface area contributed by atoms with Gasteiger partial charge in [-0.25, -0.2) is 9.79 Å². The number of benzene rings is 2. The van der Waals surface area contributed by atoms with Crippen LogP contribution < -0.4 is 21.1 Å². The van der Waals surface area contributed by atoms with Crippen LogP contribution in [0.1, 0.15) is 30.9 Å². The van der Waals surface area contributed by atoms with E-state index in [-0.39, 0.29) is 36.0 Å². The van der Waals surface area contributed by atoms with E-state index >= 15 is 0 Å². The van der Waals surface area contributed by atoms with E-state index in [0.717, 1.165) is 48.0 Å². The number of carbonyl (C=O) groups excluding carboxylic acids is 1. The van der Waals surface area contributed by atoms with Crippen molar-refractivity contribution >= 4 is 36.0 Å². The number of urea groups is 1. The molecule has 0 radical (unpaired) electrons. The summed E-state index contributed by atoms with van der Waals surface area (Å²) >= 11 is 0. The van der Waals surface area contributed by atoms with Crippen molar-refractivity contribution in [2.24, 2.45) is 10.7 Å². The van der Waals surface area contributed by atoms with Crippen LogP contribution in [-0.2, 0) is 6.54 Å². The molecule has 31 heavy (non-hydrogen) atoms. The molecular weight excluding hydrogens is 505 g/mol. The van der Waals surface area contributed by atoms with Crippen molar-refractivity contribution in [2.75, 3.05) is 19.6 Å². The molecule has 1 aliphatic rings. The second-order valence-electron chi connectivity index (χ2n) is 7.41. The molecule has 2 aromatic carbocycles. The summed E-state index contributed by atoms with van der Waals surface area (Å²) in [6, 6.07) is 15.9. The van der Waals surface area contributed by atoms with E-state index in [1.165, 1.54) is 0 Å². The Labute approximate surface area is 201 Å². The minimum absolute atomic E-state index is 0. The second kappa shape index (κ2) is 12.4. The number of nitrogens with one attached hydrogen (secondary N) is 2. The van der Waals surface area contributed by atoms with Crippen LogP contribution in [-0.4, -0.2) is 42.6 Å². The van der Waals surface area contributed by atoms with E-state index in [2.05, 4.69) is 10.6 Å². The van der Waals surface area contributed by atoms with Crippen LogP contribution in [0.4, 0.5) is 4.79 Å². The first-order valence-electron chi connectivity index (χ1n) is 10.5. The fraction of sp³-hybridized carbons (Fsp3) is 0.391. The Bertz CT molecular complexity index is 882. The normalized spacial score (nSPS) is 14.5. The van der Waals surface area contributed by atoms with E-state index in [1.807, 2.05) is 62.4 Å². The van der Waals surface area contributed by atoms with Gasteiger partial charge in [0.05, 0.1) is 6.54 Å². The number of rotatable bonds is 6. The molecule has 0 aromatic heterocycles. The van der Waals surface area contributed by atoms with Crippen LogP contribution in [0, 0.1) is 6.92 Å². The van der Waals surface area contributed by atoms with Gasteiger partial charge in [0, 0.05) is 31.2 Å². The van der Waals surface area contributed by atoms with Crippen molar-refractivity contribution in [1.29, 1.82) is 0 Å². The molecule has 0 aliphatic carbocycles. The average Bonchev–Trinajstić information content (AvgIpc) is 2.75. The fourth-order valence-corrected chi connectivity index (χ4v) is 3.45. The van der Waals surface area contributed by atoms with Crippen molar-refractivity contribution in [3.63, 3.8) is 0 Å². The highest BCUT2D eigenvalue weighted by atomic mass is 127. The van der Waals surface area contributed by atoms with Gasteiger partial charge in [-0.3, -0.25) is 0 Å². The monoisotopic (exact) mass is 537 g/mol. The van der Waals surface area contributed by atoms with Crippen LogP contribution in [0.15, 0.2) is 53.5 Å². The van der Waals surface area contributed by atoms with E-state index in [1.54, 1.807) is 4.90 Å². The molecule has 1 heterocycles. The maximum Gasteiger partial charge on any atom is 0.314 e. The van der Waals surface area contributed by atoms with Gasteiger partial charge in [0.1, 0.15) is 11.5 Å². The van der Waals surface area contributed by atoms with Crippen molar-refractivity contribution in [1.82, 2.24) is 15.5 Å². The van der Waals surface area contributed by atoms with Gasteiger partial charge < -0.3 is 26.0 Å². The number of aliphatic imine (C=N–C) groups is 1. The first-order valence-corrected chi connectivity index (χ1v) is 10.5. The smallest absolute Gasteiger partial charge is 0.314 e. The molecule has 4 N–H and O–H groups in total. The molecule has 0 unspecified atom stereocenters. The Hall–Kier alpha value is -2.49. The van der Waals surface area contributed by atoms with E-state index in [9.17, 15) is 4.79 Å². The number of para-hydroxylation sites is 2. The highest BCUT2D eigenvalue weighted by molar-refractivity contribution is 14.0. The lowest BCUT2D eigenvalue weighted by atomic mass is 10.1. The highest BCUT2D eigenvalue weighted by Crippen LogP contribution is 2.28. The zero-order chi connectivity index (χ0) is 21.3. The molecule has 0 bridgehead atoms. The molecule has 2 aromatic rings. The highest BCUT2D eigenvalue weighted by Gasteiger charge is 2.21. The van der Waals surface area contributed by atoms with Gasteiger partial charge in [0.25, 0.3) is 0 Å². The average molecular weight is 537 g/mol. The molecule has 1 fully saturated rings. The molecule has 0 atom stereocenters. The van der Waals surface area contributed by atoms with Gasteiger partial charge in [0.15, 0.2) is 5.96 Å². The third kappa shape index (κ3) is 7.30. The van der Waals surface area contributed by atoms with Crippen LogP contribution >= 0.6 is 24.0 Å². The Morgan fingerprint density at radius 3 is 2.42 bits per heavy atom. The number of hydrogen-bond donors (Lipinski definition) is 3. The molecule has 0 spiro atoms. The SMILES string of the molecule is CCNC(=NCc1ccccc1Oc1ccccc1C)NC1CCN(C(N)=O)CC1.I. The number of hydrogen-bond acceptors (Lipinski definition) is 3. The summed E-state index contributed by atoms with van der Waals surface area (Å²) in [4.78, 5) is 17.8. The number of carbonyl (C=O) groups is 1. The minimum atomic E-state index is -0.348. The number of amides is 2. The fourth-order valence-electron chi connectivity index (χ4n) is 3.45. The van der Waals surface area contributed by atoms with E-state index in [0.29, 0.717) is 19.6 Å². The molecule has 2 amide bonds. The maximum absolute atomic E-state index is 11.3. The van der Waals surface area contributed by atoms with Crippen molar-refractivity contribution in [3.8, 4) is 11.5 Å². The molecule has 3 rings (SSSR count). The topological polar surface area (TPSA) is 92.0 Å². The van der Waals surface area contributed by atoms with Crippen molar-refractivity contribution < 1.29 is 9.53 Å².